The summed E-state index contributed by atoms with van der Waals surface area (Å²) in [5.41, 5.74) is 7.53. The fourth-order valence-electron chi connectivity index (χ4n) is 5.91. The molecule has 4 N–H and O–H groups in total. The van der Waals surface area contributed by atoms with Crippen LogP contribution in [0.25, 0.3) is 22.0 Å². The Hall–Kier alpha value is -4.52. The van der Waals surface area contributed by atoms with Crippen LogP contribution in [-0.4, -0.2) is 57.9 Å². The third kappa shape index (κ3) is 6.03. The zero-order chi connectivity index (χ0) is 30.4. The molecule has 0 saturated carbocycles. The van der Waals surface area contributed by atoms with Gasteiger partial charge in [0.1, 0.15) is 17.7 Å². The van der Waals surface area contributed by atoms with Crippen molar-refractivity contribution in [1.82, 2.24) is 20.3 Å². The first-order chi connectivity index (χ1) is 20.5. The van der Waals surface area contributed by atoms with Gasteiger partial charge in [-0.2, -0.15) is 23.1 Å². The van der Waals surface area contributed by atoms with Crippen LogP contribution in [0.1, 0.15) is 30.9 Å². The van der Waals surface area contributed by atoms with Gasteiger partial charge in [-0.1, -0.05) is 30.3 Å². The van der Waals surface area contributed by atoms with E-state index in [1.54, 1.807) is 30.3 Å². The Labute approximate surface area is 243 Å². The first-order valence-corrected chi connectivity index (χ1v) is 13.7. The number of hydrogen-bond acceptors (Lipinski definition) is 8. The minimum atomic E-state index is -4.76. The number of ether oxygens (including phenoxy) is 1. The number of hydrogen-bond donors (Lipinski definition) is 3. The van der Waals surface area contributed by atoms with Crippen LogP contribution in [0.15, 0.2) is 60.8 Å². The van der Waals surface area contributed by atoms with E-state index in [9.17, 15) is 27.5 Å². The van der Waals surface area contributed by atoms with E-state index in [-0.39, 0.29) is 22.8 Å². The van der Waals surface area contributed by atoms with Crippen LogP contribution >= 0.6 is 0 Å². The van der Waals surface area contributed by atoms with Gasteiger partial charge in [0, 0.05) is 36.7 Å². The number of nitrogens with two attached hydrogens (primary N) is 1. The number of aliphatic carboxylic acids is 1. The van der Waals surface area contributed by atoms with Crippen LogP contribution < -0.4 is 20.7 Å². The molecule has 2 unspecified atom stereocenters. The number of piperidine rings is 1. The molecule has 1 spiro atoms. The lowest BCUT2D eigenvalue weighted by Gasteiger charge is -2.39. The van der Waals surface area contributed by atoms with Crippen LogP contribution in [0.2, 0.25) is 0 Å². The predicted molar refractivity (Wildman–Crippen MR) is 151 cm³/mol. The number of carboxylic acids is 1. The smallest absolute Gasteiger partial charge is 0.429 e. The molecule has 2 aromatic carbocycles. The Bertz CT molecular complexity index is 1660. The highest BCUT2D eigenvalue weighted by Crippen LogP contribution is 2.41. The number of nitrogens with one attached hydrogen (secondary N) is 1. The first-order valence-electron chi connectivity index (χ1n) is 13.7. The fraction of sp³-hybridized carbons (Fsp3) is 0.333. The Morgan fingerprint density at radius 3 is 2.47 bits per heavy atom. The van der Waals surface area contributed by atoms with E-state index < -0.39 is 30.1 Å². The summed E-state index contributed by atoms with van der Waals surface area (Å²) in [5.74, 6) is -1.55. The Morgan fingerprint density at radius 1 is 1.07 bits per heavy atom. The molecular weight excluding hydrogens is 568 g/mol. The minimum absolute atomic E-state index is 0.134. The normalized spacial score (nSPS) is 19.1. The lowest BCUT2D eigenvalue weighted by atomic mass is 9.76. The number of pyridine rings is 1. The highest BCUT2D eigenvalue weighted by atomic mass is 19.4. The second-order valence-electron chi connectivity index (χ2n) is 11.1. The zero-order valence-corrected chi connectivity index (χ0v) is 22.8. The number of nitrogens with zero attached hydrogens (tertiary/aromatic N) is 4. The molecule has 13 heteroatoms. The lowest BCUT2D eigenvalue weighted by molar-refractivity contribution is -0.198. The summed E-state index contributed by atoms with van der Waals surface area (Å²) in [7, 11) is 0. The third-order valence-corrected chi connectivity index (χ3v) is 8.24. The molecule has 2 aliphatic heterocycles. The van der Waals surface area contributed by atoms with Crippen molar-refractivity contribution in [2.24, 2.45) is 5.41 Å². The van der Waals surface area contributed by atoms with Crippen LogP contribution in [-0.2, 0) is 4.79 Å². The van der Waals surface area contributed by atoms with Crippen LogP contribution in [0, 0.1) is 11.2 Å². The van der Waals surface area contributed by atoms with E-state index in [1.807, 2.05) is 4.90 Å². The van der Waals surface area contributed by atoms with Gasteiger partial charge < -0.3 is 25.8 Å². The number of carbonyl (C=O) groups is 1. The maximum Gasteiger partial charge on any atom is 0.429 e. The second kappa shape index (κ2) is 11.0. The minimum Gasteiger partial charge on any atom is -0.480 e. The van der Waals surface area contributed by atoms with E-state index in [0.717, 1.165) is 6.20 Å². The highest BCUT2D eigenvalue weighted by Gasteiger charge is 2.45. The van der Waals surface area contributed by atoms with Crippen molar-refractivity contribution in [3.8, 4) is 17.0 Å². The lowest BCUT2D eigenvalue weighted by Crippen LogP contribution is -2.41. The van der Waals surface area contributed by atoms with Gasteiger partial charge in [-0.15, -0.1) is 0 Å². The molecule has 2 aliphatic rings. The van der Waals surface area contributed by atoms with Crippen LogP contribution in [0.4, 0.5) is 29.3 Å². The number of fused-ring (bicyclic) bond motifs is 1. The number of anilines is 2. The molecule has 0 aliphatic carbocycles. The Balaban J connectivity index is 1.19. The molecule has 6 rings (SSSR count). The maximum atomic E-state index is 14.2. The molecule has 2 saturated heterocycles. The van der Waals surface area contributed by atoms with Gasteiger partial charge in [0.15, 0.2) is 0 Å². The molecule has 2 fully saturated rings. The predicted octanol–water partition coefficient (Wildman–Crippen LogP) is 5.13. The van der Waals surface area contributed by atoms with E-state index in [0.29, 0.717) is 66.7 Å². The van der Waals surface area contributed by atoms with Crippen molar-refractivity contribution in [2.75, 3.05) is 30.3 Å². The van der Waals surface area contributed by atoms with E-state index in [4.69, 9.17) is 10.5 Å². The number of halogens is 4. The van der Waals surface area contributed by atoms with E-state index in [1.165, 1.54) is 24.3 Å². The largest absolute Gasteiger partial charge is 0.480 e. The van der Waals surface area contributed by atoms with Gasteiger partial charge >= 0.3 is 12.1 Å². The van der Waals surface area contributed by atoms with Gasteiger partial charge in [-0.3, -0.25) is 9.78 Å². The monoisotopic (exact) mass is 596 g/mol. The SMILES string of the molecule is Nc1nc(OC(c2ccc(-c3ccc4ncc(F)cc4c3)cc2)C(F)(F)F)cc(N2CCC3(CC2)CNC(C(=O)O)C3)n1. The standard InChI is InChI=1S/C30H28F4N6O3/c31-21-12-20-11-19(5-6-22(20)36-15-21)17-1-3-18(4-2-17)26(30(32,33)34)43-25-13-24(38-28(35)39-25)40-9-7-29(8-10-40)14-23(27(41)42)37-16-29/h1-6,11-13,15,23,26,37H,7-10,14,16H2,(H,41,42)(H2,35,38,39). The van der Waals surface area contributed by atoms with Crippen molar-refractivity contribution < 1.29 is 32.2 Å². The van der Waals surface area contributed by atoms with Crippen molar-refractivity contribution in [1.29, 1.82) is 0 Å². The van der Waals surface area contributed by atoms with E-state index >= 15 is 0 Å². The number of benzene rings is 2. The highest BCUT2D eigenvalue weighted by molar-refractivity contribution is 5.84. The molecule has 4 heterocycles. The Morgan fingerprint density at radius 2 is 1.79 bits per heavy atom. The molecule has 43 heavy (non-hydrogen) atoms. The van der Waals surface area contributed by atoms with Crippen LogP contribution in [0.3, 0.4) is 0 Å². The number of aromatic nitrogens is 3. The van der Waals surface area contributed by atoms with Crippen molar-refractivity contribution >= 4 is 28.6 Å². The van der Waals surface area contributed by atoms with Gasteiger partial charge in [-0.05, 0) is 54.0 Å². The Kier molecular flexibility index (Phi) is 7.28. The molecule has 2 aromatic heterocycles. The molecular formula is C30H28F4N6O3. The summed E-state index contributed by atoms with van der Waals surface area (Å²) in [6.45, 7) is 1.66. The van der Waals surface area contributed by atoms with Gasteiger partial charge in [0.2, 0.25) is 17.9 Å². The maximum absolute atomic E-state index is 14.2. The van der Waals surface area contributed by atoms with Crippen molar-refractivity contribution in [3.05, 3.63) is 72.2 Å². The average Bonchev–Trinajstić information content (AvgIpc) is 3.39. The van der Waals surface area contributed by atoms with Crippen molar-refractivity contribution in [2.45, 2.75) is 37.6 Å². The topological polar surface area (TPSA) is 126 Å². The second-order valence-corrected chi connectivity index (χ2v) is 11.1. The summed E-state index contributed by atoms with van der Waals surface area (Å²) < 4.78 is 61.8. The molecule has 0 amide bonds. The van der Waals surface area contributed by atoms with Gasteiger partial charge in [0.25, 0.3) is 0 Å². The summed E-state index contributed by atoms with van der Waals surface area (Å²) in [4.78, 5) is 25.4. The molecule has 9 nitrogen and oxygen atoms in total. The van der Waals surface area contributed by atoms with Gasteiger partial charge in [-0.25, -0.2) is 4.39 Å². The molecule has 0 bridgehead atoms. The van der Waals surface area contributed by atoms with Crippen molar-refractivity contribution in [3.63, 3.8) is 0 Å². The first kappa shape index (κ1) is 28.6. The summed E-state index contributed by atoms with van der Waals surface area (Å²) >= 11 is 0. The van der Waals surface area contributed by atoms with E-state index in [2.05, 4.69) is 20.3 Å². The average molecular weight is 597 g/mol. The summed E-state index contributed by atoms with van der Waals surface area (Å²) in [5, 5.41) is 13.0. The molecule has 2 atom stereocenters. The number of rotatable bonds is 6. The van der Waals surface area contributed by atoms with Gasteiger partial charge in [0.05, 0.1) is 11.7 Å². The number of alkyl halides is 3. The molecule has 0 radical (unpaired) electrons. The quantitative estimate of drug-likeness (QED) is 0.260. The summed E-state index contributed by atoms with van der Waals surface area (Å²) in [6.07, 6.45) is -4.04. The molecule has 4 aromatic rings. The summed E-state index contributed by atoms with van der Waals surface area (Å²) in [6, 6.07) is 13.1. The third-order valence-electron chi connectivity index (χ3n) is 8.24. The van der Waals surface area contributed by atoms with Crippen LogP contribution in [0.5, 0.6) is 5.88 Å². The zero-order valence-electron chi connectivity index (χ0n) is 22.8. The number of carboxylic acid groups (broad SMARTS) is 1. The number of nitrogen functional groups attached to an aromatic ring is 1. The fourth-order valence-corrected chi connectivity index (χ4v) is 5.91. The molecule has 224 valence electrons.